The Morgan fingerprint density at radius 2 is 2.27 bits per heavy atom. The SMILES string of the molecule is CCc1nc(-c2ccco2)nc(Cl)c1Br. The number of halogens is 2. The first-order valence-corrected chi connectivity index (χ1v) is 5.65. The third-order valence-corrected chi connectivity index (χ3v) is 3.29. The summed E-state index contributed by atoms with van der Waals surface area (Å²) >= 11 is 9.33. The van der Waals surface area contributed by atoms with Crippen LogP contribution in [0.3, 0.4) is 0 Å². The molecule has 0 atom stereocenters. The van der Waals surface area contributed by atoms with E-state index in [0.717, 1.165) is 16.6 Å². The third-order valence-electron chi connectivity index (χ3n) is 1.96. The van der Waals surface area contributed by atoms with Crippen LogP contribution in [0.15, 0.2) is 27.3 Å². The van der Waals surface area contributed by atoms with Gasteiger partial charge in [0.2, 0.25) is 0 Å². The summed E-state index contributed by atoms with van der Waals surface area (Å²) in [5.41, 5.74) is 0.876. The normalized spacial score (nSPS) is 10.6. The Morgan fingerprint density at radius 1 is 1.47 bits per heavy atom. The Hall–Kier alpha value is -0.870. The van der Waals surface area contributed by atoms with Crippen molar-refractivity contribution >= 4 is 27.5 Å². The van der Waals surface area contributed by atoms with Crippen LogP contribution >= 0.6 is 27.5 Å². The van der Waals surface area contributed by atoms with Gasteiger partial charge in [-0.1, -0.05) is 18.5 Å². The lowest BCUT2D eigenvalue weighted by molar-refractivity contribution is 0.576. The van der Waals surface area contributed by atoms with Crippen molar-refractivity contribution in [3.8, 4) is 11.6 Å². The molecule has 2 aromatic heterocycles. The van der Waals surface area contributed by atoms with Gasteiger partial charge in [0, 0.05) is 0 Å². The van der Waals surface area contributed by atoms with Crippen LogP contribution in [-0.4, -0.2) is 9.97 Å². The second-order valence-corrected chi connectivity index (χ2v) is 4.08. The topological polar surface area (TPSA) is 38.9 Å². The van der Waals surface area contributed by atoms with E-state index in [1.165, 1.54) is 0 Å². The maximum Gasteiger partial charge on any atom is 0.197 e. The van der Waals surface area contributed by atoms with Gasteiger partial charge in [-0.3, -0.25) is 0 Å². The van der Waals surface area contributed by atoms with E-state index in [4.69, 9.17) is 16.0 Å². The lowest BCUT2D eigenvalue weighted by Gasteiger charge is -2.04. The number of aromatic nitrogens is 2. The first-order valence-electron chi connectivity index (χ1n) is 4.48. The summed E-state index contributed by atoms with van der Waals surface area (Å²) in [4.78, 5) is 8.50. The molecule has 0 spiro atoms. The van der Waals surface area contributed by atoms with Gasteiger partial charge in [-0.15, -0.1) is 0 Å². The van der Waals surface area contributed by atoms with E-state index < -0.39 is 0 Å². The molecule has 0 N–H and O–H groups in total. The molecule has 0 saturated carbocycles. The fourth-order valence-corrected chi connectivity index (χ4v) is 1.86. The highest BCUT2D eigenvalue weighted by Gasteiger charge is 2.12. The number of aryl methyl sites for hydroxylation is 1. The van der Waals surface area contributed by atoms with E-state index in [1.54, 1.807) is 18.4 Å². The third kappa shape index (κ3) is 2.06. The fourth-order valence-electron chi connectivity index (χ4n) is 1.21. The lowest BCUT2D eigenvalue weighted by Crippen LogP contribution is -1.96. The standard InChI is InChI=1S/C10H8BrClN2O/c1-2-6-8(11)9(12)14-10(13-6)7-4-3-5-15-7/h3-5H,2H2,1H3. The van der Waals surface area contributed by atoms with Gasteiger partial charge in [0.15, 0.2) is 11.6 Å². The van der Waals surface area contributed by atoms with E-state index in [1.807, 2.05) is 6.92 Å². The molecule has 15 heavy (non-hydrogen) atoms. The summed E-state index contributed by atoms with van der Waals surface area (Å²) in [6.45, 7) is 2.01. The van der Waals surface area contributed by atoms with Gasteiger partial charge >= 0.3 is 0 Å². The average Bonchev–Trinajstić information content (AvgIpc) is 2.75. The molecular formula is C10H8BrClN2O. The Balaban J connectivity index is 2.55. The predicted molar refractivity (Wildman–Crippen MR) is 61.8 cm³/mol. The summed E-state index contributed by atoms with van der Waals surface area (Å²) in [6, 6.07) is 3.60. The fraction of sp³-hybridized carbons (Fsp3) is 0.200. The number of hydrogen-bond acceptors (Lipinski definition) is 3. The van der Waals surface area contributed by atoms with Crippen LogP contribution in [-0.2, 0) is 6.42 Å². The van der Waals surface area contributed by atoms with E-state index in [9.17, 15) is 0 Å². The van der Waals surface area contributed by atoms with Gasteiger partial charge < -0.3 is 4.42 Å². The van der Waals surface area contributed by atoms with Gasteiger partial charge in [-0.2, -0.15) is 0 Å². The minimum atomic E-state index is 0.410. The average molecular weight is 288 g/mol. The maximum absolute atomic E-state index is 5.98. The summed E-state index contributed by atoms with van der Waals surface area (Å²) < 4.78 is 5.97. The van der Waals surface area contributed by atoms with Crippen molar-refractivity contribution in [2.24, 2.45) is 0 Å². The van der Waals surface area contributed by atoms with Gasteiger partial charge in [0.25, 0.3) is 0 Å². The van der Waals surface area contributed by atoms with Crippen LogP contribution in [0.1, 0.15) is 12.6 Å². The van der Waals surface area contributed by atoms with Crippen molar-refractivity contribution in [3.05, 3.63) is 33.7 Å². The van der Waals surface area contributed by atoms with Gasteiger partial charge in [0.05, 0.1) is 16.4 Å². The van der Waals surface area contributed by atoms with Crippen molar-refractivity contribution < 1.29 is 4.42 Å². The largest absolute Gasteiger partial charge is 0.461 e. The Morgan fingerprint density at radius 3 is 2.87 bits per heavy atom. The van der Waals surface area contributed by atoms with E-state index in [2.05, 4.69) is 25.9 Å². The highest BCUT2D eigenvalue weighted by atomic mass is 79.9. The van der Waals surface area contributed by atoms with Crippen molar-refractivity contribution in [1.29, 1.82) is 0 Å². The van der Waals surface area contributed by atoms with Gasteiger partial charge in [-0.25, -0.2) is 9.97 Å². The zero-order valence-corrected chi connectivity index (χ0v) is 10.3. The number of nitrogens with zero attached hydrogens (tertiary/aromatic N) is 2. The van der Waals surface area contributed by atoms with Gasteiger partial charge in [-0.05, 0) is 34.5 Å². The molecule has 0 aliphatic heterocycles. The first kappa shape index (κ1) is 10.6. The molecule has 0 radical (unpaired) electrons. The molecule has 2 rings (SSSR count). The number of rotatable bonds is 2. The Labute approximate surface area is 101 Å². The van der Waals surface area contributed by atoms with E-state index in [-0.39, 0.29) is 0 Å². The second kappa shape index (κ2) is 4.33. The van der Waals surface area contributed by atoms with Crippen LogP contribution in [0.4, 0.5) is 0 Å². The molecular weight excluding hydrogens is 279 g/mol. The minimum Gasteiger partial charge on any atom is -0.461 e. The molecule has 0 bridgehead atoms. The van der Waals surface area contributed by atoms with Crippen LogP contribution < -0.4 is 0 Å². The Bertz CT molecular complexity index is 471. The highest BCUT2D eigenvalue weighted by molar-refractivity contribution is 9.10. The molecule has 0 amide bonds. The monoisotopic (exact) mass is 286 g/mol. The molecule has 0 unspecified atom stereocenters. The summed E-state index contributed by atoms with van der Waals surface area (Å²) in [6.07, 6.45) is 2.37. The number of furan rings is 1. The summed E-state index contributed by atoms with van der Waals surface area (Å²) in [5, 5.41) is 0.410. The van der Waals surface area contributed by atoms with Gasteiger partial charge in [0.1, 0.15) is 5.15 Å². The van der Waals surface area contributed by atoms with Crippen molar-refractivity contribution in [2.75, 3.05) is 0 Å². The molecule has 0 aliphatic carbocycles. The van der Waals surface area contributed by atoms with Crippen LogP contribution in [0.25, 0.3) is 11.6 Å². The van der Waals surface area contributed by atoms with Crippen molar-refractivity contribution in [3.63, 3.8) is 0 Å². The molecule has 0 aliphatic rings. The first-order chi connectivity index (χ1) is 7.22. The molecule has 3 nitrogen and oxygen atoms in total. The zero-order chi connectivity index (χ0) is 10.8. The minimum absolute atomic E-state index is 0.410. The lowest BCUT2D eigenvalue weighted by atomic mass is 10.3. The van der Waals surface area contributed by atoms with Crippen LogP contribution in [0, 0.1) is 0 Å². The van der Waals surface area contributed by atoms with Crippen molar-refractivity contribution in [1.82, 2.24) is 9.97 Å². The quantitative estimate of drug-likeness (QED) is 0.790. The smallest absolute Gasteiger partial charge is 0.197 e. The summed E-state index contributed by atoms with van der Waals surface area (Å²) in [5.74, 6) is 1.14. The highest BCUT2D eigenvalue weighted by Crippen LogP contribution is 2.27. The molecule has 5 heteroatoms. The second-order valence-electron chi connectivity index (χ2n) is 2.93. The van der Waals surface area contributed by atoms with Crippen LogP contribution in [0.2, 0.25) is 5.15 Å². The summed E-state index contributed by atoms with van der Waals surface area (Å²) in [7, 11) is 0. The molecule has 2 aromatic rings. The number of hydrogen-bond donors (Lipinski definition) is 0. The zero-order valence-electron chi connectivity index (χ0n) is 8.00. The molecule has 78 valence electrons. The van der Waals surface area contributed by atoms with Crippen molar-refractivity contribution in [2.45, 2.75) is 13.3 Å². The van der Waals surface area contributed by atoms with E-state index in [0.29, 0.717) is 16.7 Å². The Kier molecular flexibility index (Phi) is 3.07. The van der Waals surface area contributed by atoms with E-state index >= 15 is 0 Å². The molecule has 0 fully saturated rings. The predicted octanol–water partition coefficient (Wildman–Crippen LogP) is 3.71. The molecule has 0 aromatic carbocycles. The van der Waals surface area contributed by atoms with Crippen LogP contribution in [0.5, 0.6) is 0 Å². The molecule has 2 heterocycles. The molecule has 0 saturated heterocycles. The maximum atomic E-state index is 5.98.